The van der Waals surface area contributed by atoms with Crippen molar-refractivity contribution in [1.82, 2.24) is 30.7 Å². The number of esters is 1. The lowest BCUT2D eigenvalue weighted by Gasteiger charge is -2.26. The Balaban J connectivity index is 1.78. The van der Waals surface area contributed by atoms with Crippen LogP contribution in [0, 0.1) is 0 Å². The van der Waals surface area contributed by atoms with E-state index in [1.165, 1.54) is 43.8 Å². The predicted octanol–water partition coefficient (Wildman–Crippen LogP) is 5.23. The summed E-state index contributed by atoms with van der Waals surface area (Å²) in [6.45, 7) is 3.85. The van der Waals surface area contributed by atoms with Crippen LogP contribution in [0.25, 0.3) is 11.6 Å². The van der Waals surface area contributed by atoms with E-state index in [0.29, 0.717) is 17.1 Å². The van der Waals surface area contributed by atoms with Gasteiger partial charge in [0.25, 0.3) is 15.9 Å². The average molecular weight is 892 g/mol. The molecule has 4 aromatic rings. The van der Waals surface area contributed by atoms with Crippen LogP contribution in [-0.4, -0.2) is 119 Å². The maximum absolute atomic E-state index is 14.8. The van der Waals surface area contributed by atoms with Crippen LogP contribution in [0.2, 0.25) is 0 Å². The minimum absolute atomic E-state index is 0.0257. The number of unbranched alkanes of at least 4 members (excludes halogenated alkanes) is 2. The minimum Gasteiger partial charge on any atom is -0.493 e. The smallest absolute Gasteiger partial charge is 0.493 e. The topological polar surface area (TPSA) is 284 Å². The lowest BCUT2D eigenvalue weighted by atomic mass is 9.87. The second-order valence-electron chi connectivity index (χ2n) is 13.7. The Morgan fingerprint density at radius 2 is 1.34 bits per heavy atom. The molecule has 0 saturated carbocycles. The Kier molecular flexibility index (Phi) is 18.9. The molecule has 2 heterocycles. The number of benzene rings is 2. The summed E-state index contributed by atoms with van der Waals surface area (Å²) in [7, 11) is -3.34. The molecule has 23 nitrogen and oxygen atoms in total. The summed E-state index contributed by atoms with van der Waals surface area (Å²) >= 11 is 0. The molecule has 4 N–H and O–H groups in total. The van der Waals surface area contributed by atoms with Crippen molar-refractivity contribution in [3.05, 3.63) is 72.6 Å². The lowest BCUT2D eigenvalue weighted by Crippen LogP contribution is -2.36. The van der Waals surface area contributed by atoms with Gasteiger partial charge in [-0.15, -0.1) is 0 Å². The number of anilines is 1. The highest BCUT2D eigenvalue weighted by Crippen LogP contribution is 2.43. The molecule has 0 aliphatic heterocycles. The summed E-state index contributed by atoms with van der Waals surface area (Å²) in [4.78, 5) is 51.6. The molecule has 0 spiro atoms. The average Bonchev–Trinajstić information content (AvgIpc) is 3.24. The Bertz CT molecular complexity index is 2130. The molecule has 338 valence electrons. The van der Waals surface area contributed by atoms with Crippen molar-refractivity contribution in [2.45, 2.75) is 63.2 Å². The number of carbonyl (C=O) groups excluding carboxylic acids is 2. The van der Waals surface area contributed by atoms with Crippen molar-refractivity contribution >= 4 is 28.0 Å². The molecular formula is C38H49N7O16S. The van der Waals surface area contributed by atoms with Crippen LogP contribution < -0.4 is 18.5 Å². The molecule has 0 fully saturated rings. The first-order valence-corrected chi connectivity index (χ1v) is 20.4. The molecular weight excluding hydrogens is 843 g/mol. The van der Waals surface area contributed by atoms with Gasteiger partial charge in [0, 0.05) is 18.8 Å². The van der Waals surface area contributed by atoms with Gasteiger partial charge in [0.1, 0.15) is 13.2 Å². The molecule has 0 aliphatic carbocycles. The highest BCUT2D eigenvalue weighted by Gasteiger charge is 2.35. The van der Waals surface area contributed by atoms with Crippen LogP contribution in [-0.2, 0) is 44.1 Å². The van der Waals surface area contributed by atoms with E-state index in [1.54, 1.807) is 30.3 Å². The number of methoxy groups -OCH3 is 1. The highest BCUT2D eigenvalue weighted by atomic mass is 32.2. The highest BCUT2D eigenvalue weighted by molar-refractivity contribution is 7.92. The molecule has 24 heteroatoms. The molecule has 0 aliphatic rings. The first kappa shape index (κ1) is 48.8. The van der Waals surface area contributed by atoms with Gasteiger partial charge < -0.3 is 28.4 Å². The molecule has 2 aromatic carbocycles. The standard InChI is InChI=1S/C38H49N7O16S/c1-38(2,3)27-15-17-28(18-16-27)62(52,53)43(26-58-37(47)57-21-9-10-23-60-45(50)51)35-32(61-30-13-6-5-12-29(30)54-4)36(42-34(41-35)33-39-19-11-20-40-33)56-25-24-55-31(46)14-7-8-22-59-44(48)49/h5-6,11-13,15-20,48-51H,7-10,14,21-26H2,1-4H3. The number of sulfonamides is 1. The van der Waals surface area contributed by atoms with Gasteiger partial charge in [-0.05, 0) is 67.0 Å². The van der Waals surface area contributed by atoms with Gasteiger partial charge in [0.15, 0.2) is 29.9 Å². The fourth-order valence-corrected chi connectivity index (χ4v) is 6.42. The third-order valence-corrected chi connectivity index (χ3v) is 9.97. The summed E-state index contributed by atoms with van der Waals surface area (Å²) in [6.07, 6.45) is 2.60. The van der Waals surface area contributed by atoms with E-state index in [0.717, 1.165) is 5.56 Å². The normalized spacial score (nSPS) is 11.6. The van der Waals surface area contributed by atoms with Gasteiger partial charge in [0.2, 0.25) is 11.6 Å². The van der Waals surface area contributed by atoms with Crippen LogP contribution >= 0.6 is 0 Å². The number of ether oxygens (including phenoxy) is 6. The Morgan fingerprint density at radius 1 is 0.710 bits per heavy atom. The molecule has 0 saturated heterocycles. The third-order valence-electron chi connectivity index (χ3n) is 8.24. The van der Waals surface area contributed by atoms with Crippen LogP contribution in [0.1, 0.15) is 58.4 Å². The van der Waals surface area contributed by atoms with Crippen LogP contribution in [0.4, 0.5) is 10.6 Å². The number of nitrogens with zero attached hydrogens (tertiary/aromatic N) is 7. The zero-order valence-corrected chi connectivity index (χ0v) is 35.2. The Hall–Kier alpha value is -5.83. The van der Waals surface area contributed by atoms with E-state index in [4.69, 9.17) is 49.3 Å². The van der Waals surface area contributed by atoms with Crippen molar-refractivity contribution in [1.29, 1.82) is 0 Å². The molecule has 0 atom stereocenters. The van der Waals surface area contributed by atoms with Gasteiger partial charge in [-0.3, -0.25) is 35.3 Å². The number of para-hydroxylation sites is 2. The van der Waals surface area contributed by atoms with E-state index < -0.39 is 51.2 Å². The van der Waals surface area contributed by atoms with Crippen molar-refractivity contribution in [2.24, 2.45) is 0 Å². The second-order valence-corrected chi connectivity index (χ2v) is 15.6. The fourth-order valence-electron chi connectivity index (χ4n) is 5.14. The number of hydrogen-bond acceptors (Lipinski definition) is 22. The zero-order chi connectivity index (χ0) is 45.1. The van der Waals surface area contributed by atoms with E-state index >= 15 is 0 Å². The van der Waals surface area contributed by atoms with E-state index in [9.17, 15) is 18.0 Å². The van der Waals surface area contributed by atoms with E-state index in [-0.39, 0.29) is 91.6 Å². The molecule has 0 amide bonds. The van der Waals surface area contributed by atoms with Crippen molar-refractivity contribution in [3.63, 3.8) is 0 Å². The summed E-state index contributed by atoms with van der Waals surface area (Å²) in [5.41, 5.74) is 0.497. The number of hydrogen-bond donors (Lipinski definition) is 4. The summed E-state index contributed by atoms with van der Waals surface area (Å²) in [5.74, 6) is -1.91. The maximum Gasteiger partial charge on any atom is 0.510 e. The number of rotatable bonds is 25. The van der Waals surface area contributed by atoms with Crippen molar-refractivity contribution < 1.29 is 76.9 Å². The van der Waals surface area contributed by atoms with Gasteiger partial charge >= 0.3 is 12.1 Å². The third kappa shape index (κ3) is 15.3. The molecule has 62 heavy (non-hydrogen) atoms. The van der Waals surface area contributed by atoms with Gasteiger partial charge in [-0.25, -0.2) is 32.5 Å². The number of aromatic nitrogens is 4. The van der Waals surface area contributed by atoms with E-state index in [1.807, 2.05) is 20.8 Å². The molecule has 4 rings (SSSR count). The van der Waals surface area contributed by atoms with Gasteiger partial charge in [0.05, 0.1) is 42.6 Å². The summed E-state index contributed by atoms with van der Waals surface area (Å²) in [6, 6.07) is 14.0. The molecule has 0 bridgehead atoms. The van der Waals surface area contributed by atoms with Crippen LogP contribution in [0.15, 0.2) is 71.9 Å². The van der Waals surface area contributed by atoms with Crippen molar-refractivity contribution in [3.8, 4) is 34.8 Å². The summed E-state index contributed by atoms with van der Waals surface area (Å²) in [5, 5.41) is 33.8. The first-order valence-electron chi connectivity index (χ1n) is 18.9. The SMILES string of the molecule is COc1ccccc1Oc1c(OCCOC(=O)CCCCON(O)O)nc(-c2ncccn2)nc1N(COC(=O)OCCCCON(O)O)S(=O)(=O)c1ccc(C(C)(C)C)cc1. The summed E-state index contributed by atoms with van der Waals surface area (Å²) < 4.78 is 63.9. The van der Waals surface area contributed by atoms with E-state index in [2.05, 4.69) is 29.6 Å². The Labute approximate surface area is 356 Å². The van der Waals surface area contributed by atoms with Gasteiger partial charge in [-0.2, -0.15) is 4.98 Å². The number of carbonyl (C=O) groups is 2. The zero-order valence-electron chi connectivity index (χ0n) is 34.4. The fraction of sp³-hybridized carbons (Fsp3) is 0.421. The van der Waals surface area contributed by atoms with Crippen LogP contribution in [0.5, 0.6) is 23.1 Å². The van der Waals surface area contributed by atoms with Crippen LogP contribution in [0.3, 0.4) is 0 Å². The minimum atomic E-state index is -4.73. The largest absolute Gasteiger partial charge is 0.510 e. The second kappa shape index (κ2) is 24.0. The predicted molar refractivity (Wildman–Crippen MR) is 210 cm³/mol. The van der Waals surface area contributed by atoms with Crippen molar-refractivity contribution in [2.75, 3.05) is 51.2 Å². The lowest BCUT2D eigenvalue weighted by molar-refractivity contribution is -0.492. The monoisotopic (exact) mass is 891 g/mol. The first-order chi connectivity index (χ1) is 29.6. The maximum atomic E-state index is 14.8. The quantitative estimate of drug-likeness (QED) is 0.0286. The molecule has 2 aromatic heterocycles. The molecule has 0 unspecified atom stereocenters. The molecule has 0 radical (unpaired) electrons. The van der Waals surface area contributed by atoms with Gasteiger partial charge in [-0.1, -0.05) is 45.0 Å². The Morgan fingerprint density at radius 3 is 1.97 bits per heavy atom.